The number of rotatable bonds is 5. The van der Waals surface area contributed by atoms with Crippen LogP contribution in [0.15, 0.2) is 30.3 Å². The lowest BCUT2D eigenvalue weighted by molar-refractivity contribution is 0.00453. The second-order valence-electron chi connectivity index (χ2n) is 4.64. The predicted octanol–water partition coefficient (Wildman–Crippen LogP) is 0.218. The van der Waals surface area contributed by atoms with Gasteiger partial charge in [0.1, 0.15) is 0 Å². The van der Waals surface area contributed by atoms with Crippen LogP contribution in [0, 0.1) is 0 Å². The highest BCUT2D eigenvalue weighted by Crippen LogP contribution is 2.12. The van der Waals surface area contributed by atoms with Crippen molar-refractivity contribution in [2.24, 2.45) is 5.73 Å². The lowest BCUT2D eigenvalue weighted by Gasteiger charge is -2.31. The van der Waals surface area contributed by atoms with Crippen molar-refractivity contribution < 1.29 is 13.2 Å². The molecule has 1 saturated heterocycles. The molecule has 0 aromatic heterocycles. The molecule has 5 nitrogen and oxygen atoms in total. The number of benzene rings is 1. The third-order valence-electron chi connectivity index (χ3n) is 3.25. The zero-order valence-corrected chi connectivity index (χ0v) is 11.7. The van der Waals surface area contributed by atoms with Crippen molar-refractivity contribution in [3.63, 3.8) is 0 Å². The molecule has 1 fully saturated rings. The van der Waals surface area contributed by atoms with Crippen LogP contribution in [0.4, 0.5) is 0 Å². The highest BCUT2D eigenvalue weighted by Gasteiger charge is 2.28. The van der Waals surface area contributed by atoms with E-state index in [-0.39, 0.29) is 11.9 Å². The normalized spacial score (nSPS) is 21.4. The van der Waals surface area contributed by atoms with E-state index >= 15 is 0 Å². The third kappa shape index (κ3) is 4.01. The summed E-state index contributed by atoms with van der Waals surface area (Å²) in [6, 6.07) is 9.64. The molecule has 6 heteroatoms. The monoisotopic (exact) mass is 284 g/mol. The fourth-order valence-corrected chi connectivity index (χ4v) is 3.61. The van der Waals surface area contributed by atoms with Crippen LogP contribution in [0.5, 0.6) is 0 Å². The van der Waals surface area contributed by atoms with E-state index < -0.39 is 10.0 Å². The van der Waals surface area contributed by atoms with Gasteiger partial charge in [0, 0.05) is 19.6 Å². The molecule has 0 amide bonds. The Hall–Kier alpha value is -0.950. The van der Waals surface area contributed by atoms with E-state index in [4.69, 9.17) is 10.5 Å². The summed E-state index contributed by atoms with van der Waals surface area (Å²) in [5.41, 5.74) is 6.56. The summed E-state index contributed by atoms with van der Waals surface area (Å²) in [5, 5.41) is 0. The number of ether oxygens (including phenoxy) is 1. The lowest BCUT2D eigenvalue weighted by Crippen LogP contribution is -2.48. The van der Waals surface area contributed by atoms with Crippen molar-refractivity contribution in [1.82, 2.24) is 4.31 Å². The maximum absolute atomic E-state index is 12.2. The van der Waals surface area contributed by atoms with Gasteiger partial charge in [0.15, 0.2) is 0 Å². The molecule has 106 valence electrons. The van der Waals surface area contributed by atoms with Crippen molar-refractivity contribution in [2.75, 3.05) is 32.0 Å². The largest absolute Gasteiger partial charge is 0.374 e. The van der Waals surface area contributed by atoms with E-state index in [1.54, 1.807) is 0 Å². The first-order valence-corrected chi connectivity index (χ1v) is 8.06. The molecule has 1 heterocycles. The first-order chi connectivity index (χ1) is 9.12. The van der Waals surface area contributed by atoms with Gasteiger partial charge < -0.3 is 10.5 Å². The Balaban J connectivity index is 1.94. The molecule has 1 aliphatic heterocycles. The SMILES string of the molecule is NCC1CN(S(=O)(=O)CCc2ccccc2)CCO1. The Morgan fingerprint density at radius 2 is 2.05 bits per heavy atom. The predicted molar refractivity (Wildman–Crippen MR) is 74.3 cm³/mol. The summed E-state index contributed by atoms with van der Waals surface area (Å²) >= 11 is 0. The van der Waals surface area contributed by atoms with Crippen molar-refractivity contribution in [1.29, 1.82) is 0 Å². The molecule has 0 aliphatic carbocycles. The summed E-state index contributed by atoms with van der Waals surface area (Å²) in [7, 11) is -3.23. The summed E-state index contributed by atoms with van der Waals surface area (Å²) in [6.07, 6.45) is 0.355. The molecule has 1 aliphatic rings. The smallest absolute Gasteiger partial charge is 0.214 e. The molecule has 1 aromatic rings. The number of nitrogens with zero attached hydrogens (tertiary/aromatic N) is 1. The number of nitrogens with two attached hydrogens (primary N) is 1. The maximum Gasteiger partial charge on any atom is 0.214 e. The molecule has 1 atom stereocenters. The van der Waals surface area contributed by atoms with Gasteiger partial charge in [0.25, 0.3) is 0 Å². The highest BCUT2D eigenvalue weighted by molar-refractivity contribution is 7.89. The summed E-state index contributed by atoms with van der Waals surface area (Å²) < 4.78 is 31.4. The summed E-state index contributed by atoms with van der Waals surface area (Å²) in [5.74, 6) is 0.133. The average Bonchev–Trinajstić information content (AvgIpc) is 2.46. The Kier molecular flexibility index (Phi) is 4.93. The van der Waals surface area contributed by atoms with Crippen LogP contribution in [0.1, 0.15) is 5.56 Å². The molecule has 0 saturated carbocycles. The van der Waals surface area contributed by atoms with Gasteiger partial charge in [0.05, 0.1) is 18.5 Å². The Labute approximate surface area is 114 Å². The van der Waals surface area contributed by atoms with Crippen LogP contribution in [0.25, 0.3) is 0 Å². The maximum atomic E-state index is 12.2. The molecule has 0 bridgehead atoms. The van der Waals surface area contributed by atoms with Crippen molar-refractivity contribution in [3.05, 3.63) is 35.9 Å². The Morgan fingerprint density at radius 3 is 2.74 bits per heavy atom. The number of hydrogen-bond acceptors (Lipinski definition) is 4. The molecule has 19 heavy (non-hydrogen) atoms. The van der Waals surface area contributed by atoms with Gasteiger partial charge in [-0.15, -0.1) is 0 Å². The van der Waals surface area contributed by atoms with Crippen LogP contribution < -0.4 is 5.73 Å². The topological polar surface area (TPSA) is 72.6 Å². The van der Waals surface area contributed by atoms with Gasteiger partial charge in [-0.1, -0.05) is 30.3 Å². The minimum absolute atomic E-state index is 0.133. The van der Waals surface area contributed by atoms with Crippen LogP contribution in [-0.2, 0) is 21.2 Å². The van der Waals surface area contributed by atoms with E-state index in [0.717, 1.165) is 5.56 Å². The molecule has 2 rings (SSSR count). The molecule has 1 unspecified atom stereocenters. The van der Waals surface area contributed by atoms with Crippen LogP contribution in [0.2, 0.25) is 0 Å². The molecule has 0 radical (unpaired) electrons. The fraction of sp³-hybridized carbons (Fsp3) is 0.538. The van der Waals surface area contributed by atoms with E-state index in [1.165, 1.54) is 4.31 Å². The van der Waals surface area contributed by atoms with Crippen molar-refractivity contribution in [3.8, 4) is 0 Å². The van der Waals surface area contributed by atoms with E-state index in [1.807, 2.05) is 30.3 Å². The van der Waals surface area contributed by atoms with Crippen LogP contribution in [0.3, 0.4) is 0 Å². The number of hydrogen-bond donors (Lipinski definition) is 1. The molecule has 2 N–H and O–H groups in total. The van der Waals surface area contributed by atoms with Gasteiger partial charge in [0.2, 0.25) is 10.0 Å². The standard InChI is InChI=1S/C13H20N2O3S/c14-10-13-11-15(7-8-18-13)19(16,17)9-6-12-4-2-1-3-5-12/h1-5,13H,6-11,14H2. The van der Waals surface area contributed by atoms with Gasteiger partial charge in [-0.05, 0) is 12.0 Å². The lowest BCUT2D eigenvalue weighted by atomic mass is 10.2. The van der Waals surface area contributed by atoms with Gasteiger partial charge >= 0.3 is 0 Å². The molecular formula is C13H20N2O3S. The van der Waals surface area contributed by atoms with E-state index in [0.29, 0.717) is 32.7 Å². The van der Waals surface area contributed by atoms with Crippen LogP contribution in [-0.4, -0.2) is 50.8 Å². The van der Waals surface area contributed by atoms with Crippen molar-refractivity contribution >= 4 is 10.0 Å². The third-order valence-corrected chi connectivity index (χ3v) is 5.09. The second-order valence-corrected chi connectivity index (χ2v) is 6.73. The minimum atomic E-state index is -3.23. The zero-order chi connectivity index (χ0) is 13.7. The quantitative estimate of drug-likeness (QED) is 0.839. The van der Waals surface area contributed by atoms with Gasteiger partial charge in [-0.2, -0.15) is 4.31 Å². The summed E-state index contributed by atoms with van der Waals surface area (Å²) in [4.78, 5) is 0. The average molecular weight is 284 g/mol. The highest BCUT2D eigenvalue weighted by atomic mass is 32.2. The fourth-order valence-electron chi connectivity index (χ4n) is 2.11. The Morgan fingerprint density at radius 1 is 1.32 bits per heavy atom. The zero-order valence-electron chi connectivity index (χ0n) is 10.9. The molecule has 0 spiro atoms. The molecular weight excluding hydrogens is 264 g/mol. The number of aryl methyl sites for hydroxylation is 1. The minimum Gasteiger partial charge on any atom is -0.374 e. The second kappa shape index (κ2) is 6.47. The number of sulfonamides is 1. The first kappa shape index (κ1) is 14.5. The number of morpholine rings is 1. The van der Waals surface area contributed by atoms with E-state index in [9.17, 15) is 8.42 Å². The van der Waals surface area contributed by atoms with Gasteiger partial charge in [-0.25, -0.2) is 8.42 Å². The summed E-state index contributed by atoms with van der Waals surface area (Å²) in [6.45, 7) is 1.57. The van der Waals surface area contributed by atoms with E-state index in [2.05, 4.69) is 0 Å². The van der Waals surface area contributed by atoms with Crippen molar-refractivity contribution in [2.45, 2.75) is 12.5 Å². The Bertz CT molecular complexity index is 490. The van der Waals surface area contributed by atoms with Gasteiger partial charge in [-0.3, -0.25) is 0 Å². The van der Waals surface area contributed by atoms with Crippen LogP contribution >= 0.6 is 0 Å². The molecule has 1 aromatic carbocycles. The first-order valence-electron chi connectivity index (χ1n) is 6.45.